The molecule has 2 N–H and O–H groups in total. The minimum absolute atomic E-state index is 0.164. The zero-order valence-corrected chi connectivity index (χ0v) is 12.0. The third-order valence-corrected chi connectivity index (χ3v) is 3.01. The Morgan fingerprint density at radius 2 is 1.74 bits per heavy atom. The summed E-state index contributed by atoms with van der Waals surface area (Å²) < 4.78 is 5.56. The summed E-state index contributed by atoms with van der Waals surface area (Å²) in [6.07, 6.45) is 1.54. The fourth-order valence-electron chi connectivity index (χ4n) is 1.97. The molecule has 0 spiro atoms. The molecule has 3 rings (SSSR count). The summed E-state index contributed by atoms with van der Waals surface area (Å²) in [5.41, 5.74) is 0.612. The molecule has 2 aromatic carbocycles. The van der Waals surface area contributed by atoms with Gasteiger partial charge >= 0.3 is 12.0 Å². The van der Waals surface area contributed by atoms with Crippen molar-refractivity contribution in [2.75, 3.05) is 5.32 Å². The average molecular weight is 307 g/mol. The van der Waals surface area contributed by atoms with Crippen LogP contribution < -0.4 is 10.1 Å². The standard InChI is InChI=1S/C17H13N3O3/c21-16(22)13-8-4-5-9-14(13)19-15-10-11-18-17(20-15)23-12-6-2-1-3-7-12/h1-11H,(H,21,22)(H,18,19,20). The van der Waals surface area contributed by atoms with Crippen LogP contribution in [0.25, 0.3) is 0 Å². The van der Waals surface area contributed by atoms with E-state index in [0.29, 0.717) is 17.3 Å². The second kappa shape index (κ2) is 6.57. The lowest BCUT2D eigenvalue weighted by Crippen LogP contribution is -2.04. The molecular weight excluding hydrogens is 294 g/mol. The number of ether oxygens (including phenoxy) is 1. The Hall–Kier alpha value is -3.41. The van der Waals surface area contributed by atoms with E-state index in [1.807, 2.05) is 18.2 Å². The molecule has 3 aromatic rings. The molecule has 1 aromatic heterocycles. The zero-order valence-electron chi connectivity index (χ0n) is 12.0. The molecule has 0 amide bonds. The zero-order chi connectivity index (χ0) is 16.1. The van der Waals surface area contributed by atoms with Crippen molar-refractivity contribution in [2.45, 2.75) is 0 Å². The van der Waals surface area contributed by atoms with Crippen molar-refractivity contribution in [3.05, 3.63) is 72.4 Å². The van der Waals surface area contributed by atoms with Crippen LogP contribution in [0.1, 0.15) is 10.4 Å². The number of aromatic carboxylic acids is 1. The molecule has 0 radical (unpaired) electrons. The molecule has 0 atom stereocenters. The molecule has 0 aliphatic carbocycles. The van der Waals surface area contributed by atoms with Crippen molar-refractivity contribution >= 4 is 17.5 Å². The molecule has 0 fully saturated rings. The van der Waals surface area contributed by atoms with Crippen LogP contribution >= 0.6 is 0 Å². The predicted octanol–water partition coefficient (Wildman–Crippen LogP) is 3.71. The third-order valence-electron chi connectivity index (χ3n) is 3.01. The van der Waals surface area contributed by atoms with Gasteiger partial charge in [-0.3, -0.25) is 0 Å². The number of nitrogens with zero attached hydrogens (tertiary/aromatic N) is 2. The van der Waals surface area contributed by atoms with E-state index in [-0.39, 0.29) is 11.6 Å². The Kier molecular flexibility index (Phi) is 4.15. The van der Waals surface area contributed by atoms with E-state index in [9.17, 15) is 9.90 Å². The van der Waals surface area contributed by atoms with Gasteiger partial charge in [0.05, 0.1) is 11.3 Å². The highest BCUT2D eigenvalue weighted by Crippen LogP contribution is 2.22. The molecule has 0 unspecified atom stereocenters. The summed E-state index contributed by atoms with van der Waals surface area (Å²) in [6.45, 7) is 0. The van der Waals surface area contributed by atoms with E-state index in [4.69, 9.17) is 4.74 Å². The Morgan fingerprint density at radius 1 is 1.00 bits per heavy atom. The van der Waals surface area contributed by atoms with Crippen LogP contribution in [0.5, 0.6) is 11.8 Å². The molecular formula is C17H13N3O3. The third kappa shape index (κ3) is 3.62. The Bertz CT molecular complexity index is 822. The maximum absolute atomic E-state index is 11.2. The van der Waals surface area contributed by atoms with Crippen LogP contribution in [-0.2, 0) is 0 Å². The van der Waals surface area contributed by atoms with Gasteiger partial charge in [0.15, 0.2) is 0 Å². The van der Waals surface area contributed by atoms with Crippen molar-refractivity contribution in [1.82, 2.24) is 9.97 Å². The first-order chi connectivity index (χ1) is 11.2. The number of para-hydroxylation sites is 2. The van der Waals surface area contributed by atoms with Gasteiger partial charge in [0.25, 0.3) is 0 Å². The van der Waals surface area contributed by atoms with E-state index in [1.54, 1.807) is 36.4 Å². The highest BCUT2D eigenvalue weighted by molar-refractivity contribution is 5.94. The van der Waals surface area contributed by atoms with Gasteiger partial charge in [-0.25, -0.2) is 9.78 Å². The van der Waals surface area contributed by atoms with Crippen molar-refractivity contribution in [2.24, 2.45) is 0 Å². The maximum Gasteiger partial charge on any atom is 0.337 e. The largest absolute Gasteiger partial charge is 0.478 e. The molecule has 23 heavy (non-hydrogen) atoms. The molecule has 6 nitrogen and oxygen atoms in total. The summed E-state index contributed by atoms with van der Waals surface area (Å²) in [7, 11) is 0. The Morgan fingerprint density at radius 3 is 2.52 bits per heavy atom. The number of hydrogen-bond acceptors (Lipinski definition) is 5. The van der Waals surface area contributed by atoms with Gasteiger partial charge in [0, 0.05) is 6.20 Å². The molecule has 0 aliphatic rings. The number of benzene rings is 2. The smallest absolute Gasteiger partial charge is 0.337 e. The second-order valence-electron chi connectivity index (χ2n) is 4.62. The molecule has 1 heterocycles. The van der Waals surface area contributed by atoms with Crippen molar-refractivity contribution < 1.29 is 14.6 Å². The molecule has 0 aliphatic heterocycles. The normalized spacial score (nSPS) is 10.1. The number of nitrogens with one attached hydrogen (secondary N) is 1. The summed E-state index contributed by atoms with van der Waals surface area (Å²) in [5, 5.41) is 12.2. The molecule has 0 bridgehead atoms. The monoisotopic (exact) mass is 307 g/mol. The van der Waals surface area contributed by atoms with Crippen LogP contribution in [0.4, 0.5) is 11.5 Å². The van der Waals surface area contributed by atoms with Gasteiger partial charge in [-0.05, 0) is 30.3 Å². The van der Waals surface area contributed by atoms with Gasteiger partial charge < -0.3 is 15.2 Å². The maximum atomic E-state index is 11.2. The van der Waals surface area contributed by atoms with Crippen LogP contribution in [0, 0.1) is 0 Å². The van der Waals surface area contributed by atoms with Crippen LogP contribution in [0.15, 0.2) is 66.9 Å². The van der Waals surface area contributed by atoms with Crippen LogP contribution in [-0.4, -0.2) is 21.0 Å². The summed E-state index contributed by atoms with van der Waals surface area (Å²) in [6, 6.07) is 17.6. The topological polar surface area (TPSA) is 84.3 Å². The predicted molar refractivity (Wildman–Crippen MR) is 85.2 cm³/mol. The quantitative estimate of drug-likeness (QED) is 0.747. The van der Waals surface area contributed by atoms with E-state index in [1.165, 1.54) is 12.3 Å². The molecule has 114 valence electrons. The highest BCUT2D eigenvalue weighted by atomic mass is 16.5. The summed E-state index contributed by atoms with van der Waals surface area (Å²) in [5.74, 6) is 0.0538. The van der Waals surface area contributed by atoms with E-state index in [2.05, 4.69) is 15.3 Å². The van der Waals surface area contributed by atoms with Crippen molar-refractivity contribution in [3.8, 4) is 11.8 Å². The number of rotatable bonds is 5. The SMILES string of the molecule is O=C(O)c1ccccc1Nc1ccnc(Oc2ccccc2)n1. The van der Waals surface area contributed by atoms with Gasteiger partial charge in [0.2, 0.25) is 0 Å². The lowest BCUT2D eigenvalue weighted by atomic mass is 10.2. The Balaban J connectivity index is 1.82. The number of carbonyl (C=O) groups is 1. The first-order valence-electron chi connectivity index (χ1n) is 6.88. The van der Waals surface area contributed by atoms with Gasteiger partial charge in [-0.2, -0.15) is 4.98 Å². The fourth-order valence-corrected chi connectivity index (χ4v) is 1.97. The minimum atomic E-state index is -1.01. The van der Waals surface area contributed by atoms with E-state index >= 15 is 0 Å². The molecule has 0 saturated carbocycles. The first-order valence-corrected chi connectivity index (χ1v) is 6.88. The second-order valence-corrected chi connectivity index (χ2v) is 4.62. The van der Waals surface area contributed by atoms with Crippen molar-refractivity contribution in [3.63, 3.8) is 0 Å². The molecule has 6 heteroatoms. The van der Waals surface area contributed by atoms with Gasteiger partial charge in [0.1, 0.15) is 11.6 Å². The van der Waals surface area contributed by atoms with Crippen LogP contribution in [0.3, 0.4) is 0 Å². The highest BCUT2D eigenvalue weighted by Gasteiger charge is 2.10. The average Bonchev–Trinajstić information content (AvgIpc) is 2.56. The number of carboxylic acid groups (broad SMARTS) is 1. The van der Waals surface area contributed by atoms with Gasteiger partial charge in [-0.1, -0.05) is 30.3 Å². The lowest BCUT2D eigenvalue weighted by molar-refractivity contribution is 0.0698. The fraction of sp³-hybridized carbons (Fsp3) is 0. The number of carboxylic acids is 1. The van der Waals surface area contributed by atoms with Crippen LogP contribution in [0.2, 0.25) is 0 Å². The van der Waals surface area contributed by atoms with Gasteiger partial charge in [-0.15, -0.1) is 0 Å². The van der Waals surface area contributed by atoms with Crippen molar-refractivity contribution in [1.29, 1.82) is 0 Å². The summed E-state index contributed by atoms with van der Waals surface area (Å²) in [4.78, 5) is 19.5. The number of aromatic nitrogens is 2. The Labute approximate surface area is 132 Å². The number of hydrogen-bond donors (Lipinski definition) is 2. The molecule has 0 saturated heterocycles. The lowest BCUT2D eigenvalue weighted by Gasteiger charge is -2.09. The van der Waals surface area contributed by atoms with E-state index < -0.39 is 5.97 Å². The minimum Gasteiger partial charge on any atom is -0.478 e. The van der Waals surface area contributed by atoms with E-state index in [0.717, 1.165) is 0 Å². The summed E-state index contributed by atoms with van der Waals surface area (Å²) >= 11 is 0. The first kappa shape index (κ1) is 14.5. The number of anilines is 2.